The second-order valence-electron chi connectivity index (χ2n) is 8.92. The van der Waals surface area contributed by atoms with Crippen LogP contribution >= 0.6 is 11.8 Å². The van der Waals surface area contributed by atoms with Crippen LogP contribution in [0, 0.1) is 5.92 Å². The molecule has 4 rings (SSSR count). The van der Waals surface area contributed by atoms with Gasteiger partial charge in [-0.1, -0.05) is 55.3 Å². The summed E-state index contributed by atoms with van der Waals surface area (Å²) in [5.41, 5.74) is 6.64. The SMILES string of the molecule is CSc1ccc(CN=C(N)N2CCN(C(=O)C(O)(c3ccccc3)C3CCCC3)CC2)cc1. The highest BCUT2D eigenvalue weighted by atomic mass is 32.2. The third-order valence-corrected chi connectivity index (χ3v) is 7.70. The summed E-state index contributed by atoms with van der Waals surface area (Å²) in [5, 5.41) is 11.8. The van der Waals surface area contributed by atoms with Gasteiger partial charge in [0.1, 0.15) is 0 Å². The smallest absolute Gasteiger partial charge is 0.259 e. The fourth-order valence-corrected chi connectivity index (χ4v) is 5.36. The monoisotopic (exact) mass is 466 g/mol. The van der Waals surface area contributed by atoms with E-state index in [-0.39, 0.29) is 11.8 Å². The molecule has 1 saturated heterocycles. The summed E-state index contributed by atoms with van der Waals surface area (Å²) in [6.07, 6.45) is 5.95. The number of piperazine rings is 1. The first kappa shape index (κ1) is 23.6. The summed E-state index contributed by atoms with van der Waals surface area (Å²) in [4.78, 5) is 23.3. The summed E-state index contributed by atoms with van der Waals surface area (Å²) < 4.78 is 0. The number of carbonyl (C=O) groups is 1. The molecular formula is C26H34N4O2S. The van der Waals surface area contributed by atoms with Crippen LogP contribution < -0.4 is 5.73 Å². The molecule has 1 heterocycles. The minimum absolute atomic E-state index is 0.0328. The summed E-state index contributed by atoms with van der Waals surface area (Å²) in [6, 6.07) is 17.8. The number of amides is 1. The molecule has 1 aliphatic heterocycles. The van der Waals surface area contributed by atoms with Crippen LogP contribution in [0.1, 0.15) is 36.8 Å². The highest BCUT2D eigenvalue weighted by molar-refractivity contribution is 7.98. The Morgan fingerprint density at radius 1 is 1.03 bits per heavy atom. The number of aliphatic imine (C=N–C) groups is 1. The van der Waals surface area contributed by atoms with Gasteiger partial charge in [0.05, 0.1) is 6.54 Å². The van der Waals surface area contributed by atoms with Crippen molar-refractivity contribution in [3.05, 3.63) is 65.7 Å². The van der Waals surface area contributed by atoms with Crippen molar-refractivity contribution in [2.75, 3.05) is 32.4 Å². The topological polar surface area (TPSA) is 82.2 Å². The highest BCUT2D eigenvalue weighted by Crippen LogP contribution is 2.42. The lowest BCUT2D eigenvalue weighted by atomic mass is 9.79. The van der Waals surface area contributed by atoms with Crippen molar-refractivity contribution >= 4 is 23.6 Å². The number of benzene rings is 2. The van der Waals surface area contributed by atoms with Crippen LogP contribution in [0.25, 0.3) is 0 Å². The highest BCUT2D eigenvalue weighted by Gasteiger charge is 2.48. The zero-order chi connectivity index (χ0) is 23.3. The number of nitrogens with zero attached hydrogens (tertiary/aromatic N) is 3. The van der Waals surface area contributed by atoms with Gasteiger partial charge in [0.15, 0.2) is 11.6 Å². The summed E-state index contributed by atoms with van der Waals surface area (Å²) in [5.74, 6) is 0.296. The molecule has 0 radical (unpaired) electrons. The number of thioether (sulfide) groups is 1. The number of carbonyl (C=O) groups excluding carboxylic acids is 1. The standard InChI is InChI=1S/C26H34N4O2S/c1-33-23-13-11-20(12-14-23)19-28-25(27)30-17-15-29(16-18-30)24(31)26(32,22-9-5-6-10-22)21-7-3-2-4-8-21/h2-4,7-8,11-14,22,32H,5-6,9-10,15-19H2,1H3,(H2,27,28). The van der Waals surface area contributed by atoms with E-state index in [2.05, 4.69) is 35.5 Å². The molecule has 0 bridgehead atoms. The molecule has 0 aromatic heterocycles. The van der Waals surface area contributed by atoms with Crippen molar-refractivity contribution in [3.8, 4) is 0 Å². The van der Waals surface area contributed by atoms with E-state index in [4.69, 9.17) is 5.73 Å². The fraction of sp³-hybridized carbons (Fsp3) is 0.462. The average Bonchev–Trinajstić information content (AvgIpc) is 3.43. The Hall–Kier alpha value is -2.51. The van der Waals surface area contributed by atoms with Gasteiger partial charge in [-0.05, 0) is 42.4 Å². The van der Waals surface area contributed by atoms with E-state index in [1.807, 2.05) is 35.2 Å². The van der Waals surface area contributed by atoms with Crippen LogP contribution in [0.2, 0.25) is 0 Å². The molecule has 2 aromatic carbocycles. The number of hydrogen-bond acceptors (Lipinski definition) is 4. The van der Waals surface area contributed by atoms with Crippen molar-refractivity contribution in [3.63, 3.8) is 0 Å². The molecule has 1 aliphatic carbocycles. The molecule has 1 saturated carbocycles. The Bertz CT molecular complexity index is 952. The van der Waals surface area contributed by atoms with Gasteiger partial charge in [-0.2, -0.15) is 0 Å². The van der Waals surface area contributed by atoms with Gasteiger partial charge in [-0.15, -0.1) is 11.8 Å². The number of guanidine groups is 1. The van der Waals surface area contributed by atoms with Crippen molar-refractivity contribution in [1.29, 1.82) is 0 Å². The molecular weight excluding hydrogens is 432 g/mol. The van der Waals surface area contributed by atoms with E-state index in [0.29, 0.717) is 44.2 Å². The lowest BCUT2D eigenvalue weighted by Gasteiger charge is -2.41. The van der Waals surface area contributed by atoms with Crippen molar-refractivity contribution in [1.82, 2.24) is 9.80 Å². The molecule has 3 N–H and O–H groups in total. The number of hydrogen-bond donors (Lipinski definition) is 2. The second-order valence-corrected chi connectivity index (χ2v) is 9.80. The van der Waals surface area contributed by atoms with Crippen LogP contribution in [0.15, 0.2) is 64.5 Å². The fourth-order valence-electron chi connectivity index (χ4n) is 4.95. The second kappa shape index (κ2) is 10.6. The van der Waals surface area contributed by atoms with Crippen LogP contribution in [0.5, 0.6) is 0 Å². The maximum Gasteiger partial charge on any atom is 0.259 e. The Morgan fingerprint density at radius 2 is 1.64 bits per heavy atom. The molecule has 1 unspecified atom stereocenters. The summed E-state index contributed by atoms with van der Waals surface area (Å²) in [6.45, 7) is 2.82. The summed E-state index contributed by atoms with van der Waals surface area (Å²) >= 11 is 1.72. The van der Waals surface area contributed by atoms with Crippen molar-refractivity contribution < 1.29 is 9.90 Å². The molecule has 2 aromatic rings. The van der Waals surface area contributed by atoms with Gasteiger partial charge in [0.25, 0.3) is 5.91 Å². The van der Waals surface area contributed by atoms with Crippen LogP contribution in [0.4, 0.5) is 0 Å². The summed E-state index contributed by atoms with van der Waals surface area (Å²) in [7, 11) is 0. The first-order valence-electron chi connectivity index (χ1n) is 11.8. The van der Waals surface area contributed by atoms with Crippen LogP contribution in [-0.4, -0.2) is 59.2 Å². The van der Waals surface area contributed by atoms with E-state index in [0.717, 1.165) is 31.2 Å². The van der Waals surface area contributed by atoms with E-state index in [1.54, 1.807) is 16.7 Å². The zero-order valence-electron chi connectivity index (χ0n) is 19.3. The maximum absolute atomic E-state index is 13.6. The van der Waals surface area contributed by atoms with Crippen molar-refractivity contribution in [2.24, 2.45) is 16.6 Å². The molecule has 7 heteroatoms. The number of nitrogens with two attached hydrogens (primary N) is 1. The minimum Gasteiger partial charge on any atom is -0.375 e. The third kappa shape index (κ3) is 5.20. The van der Waals surface area contributed by atoms with Crippen LogP contribution in [0.3, 0.4) is 0 Å². The van der Waals surface area contributed by atoms with Gasteiger partial charge < -0.3 is 20.6 Å². The first-order valence-corrected chi connectivity index (χ1v) is 13.0. The molecule has 2 aliphatic rings. The number of rotatable bonds is 6. The quantitative estimate of drug-likeness (QED) is 0.387. The minimum atomic E-state index is -1.46. The normalized spacial score (nSPS) is 19.5. The molecule has 33 heavy (non-hydrogen) atoms. The predicted octanol–water partition coefficient (Wildman–Crippen LogP) is 3.45. The van der Waals surface area contributed by atoms with E-state index >= 15 is 0 Å². The molecule has 1 atom stereocenters. The lowest BCUT2D eigenvalue weighted by Crippen LogP contribution is -2.58. The van der Waals surface area contributed by atoms with Gasteiger partial charge in [0.2, 0.25) is 0 Å². The number of aliphatic hydroxyl groups is 1. The largest absolute Gasteiger partial charge is 0.375 e. The first-order chi connectivity index (χ1) is 16.0. The molecule has 176 valence electrons. The van der Waals surface area contributed by atoms with E-state index in [1.165, 1.54) is 4.90 Å². The molecule has 6 nitrogen and oxygen atoms in total. The third-order valence-electron chi connectivity index (χ3n) is 6.96. The van der Waals surface area contributed by atoms with E-state index in [9.17, 15) is 9.90 Å². The lowest BCUT2D eigenvalue weighted by molar-refractivity contribution is -0.160. The Balaban J connectivity index is 1.40. The Labute approximate surface area is 200 Å². The zero-order valence-corrected chi connectivity index (χ0v) is 20.1. The molecule has 0 spiro atoms. The maximum atomic E-state index is 13.6. The molecule has 2 fully saturated rings. The predicted molar refractivity (Wildman–Crippen MR) is 134 cm³/mol. The van der Waals surface area contributed by atoms with E-state index < -0.39 is 5.60 Å². The average molecular weight is 467 g/mol. The van der Waals surface area contributed by atoms with Gasteiger partial charge >= 0.3 is 0 Å². The van der Waals surface area contributed by atoms with Gasteiger partial charge in [0, 0.05) is 37.0 Å². The van der Waals surface area contributed by atoms with Crippen LogP contribution in [-0.2, 0) is 16.9 Å². The van der Waals surface area contributed by atoms with Gasteiger partial charge in [-0.25, -0.2) is 4.99 Å². The Kier molecular flexibility index (Phi) is 7.60. The van der Waals surface area contributed by atoms with Crippen molar-refractivity contribution in [2.45, 2.75) is 42.7 Å². The Morgan fingerprint density at radius 3 is 2.24 bits per heavy atom. The van der Waals surface area contributed by atoms with Gasteiger partial charge in [-0.3, -0.25) is 4.79 Å². The molecule has 1 amide bonds.